The minimum atomic E-state index is 0.273. The summed E-state index contributed by atoms with van der Waals surface area (Å²) in [5.41, 5.74) is 7.28. The van der Waals surface area contributed by atoms with Gasteiger partial charge in [-0.05, 0) is 62.1 Å². The zero-order valence-corrected chi connectivity index (χ0v) is 20.2. The first-order valence-corrected chi connectivity index (χ1v) is 12.7. The first kappa shape index (κ1) is 21.7. The van der Waals surface area contributed by atoms with Crippen molar-refractivity contribution in [2.75, 3.05) is 0 Å². The van der Waals surface area contributed by atoms with Crippen LogP contribution in [0.3, 0.4) is 0 Å². The molecule has 1 aliphatic carbocycles. The highest BCUT2D eigenvalue weighted by molar-refractivity contribution is 6.00. The molecule has 182 valence electrons. The lowest BCUT2D eigenvalue weighted by atomic mass is 9.98. The van der Waals surface area contributed by atoms with E-state index in [4.69, 9.17) is 4.74 Å². The molecule has 0 aromatic carbocycles. The minimum absolute atomic E-state index is 0.273. The van der Waals surface area contributed by atoms with Crippen molar-refractivity contribution < 1.29 is 4.74 Å². The van der Waals surface area contributed by atoms with Crippen LogP contribution < -0.4 is 4.74 Å². The highest BCUT2D eigenvalue weighted by Gasteiger charge is 2.17. The van der Waals surface area contributed by atoms with Crippen molar-refractivity contribution in [1.82, 2.24) is 35.1 Å². The van der Waals surface area contributed by atoms with E-state index < -0.39 is 0 Å². The smallest absolute Gasteiger partial charge is 0.138 e. The Morgan fingerprint density at radius 1 is 0.730 bits per heavy atom. The number of hydrogen-bond donors (Lipinski definition) is 2. The Kier molecular flexibility index (Phi) is 5.35. The highest BCUT2D eigenvalue weighted by Crippen LogP contribution is 2.34. The summed E-state index contributed by atoms with van der Waals surface area (Å²) < 4.78 is 6.24. The number of fused-ring (bicyclic) bond motifs is 2. The number of hydrogen-bond acceptors (Lipinski definition) is 6. The summed E-state index contributed by atoms with van der Waals surface area (Å²) in [7, 11) is 0. The van der Waals surface area contributed by atoms with Crippen molar-refractivity contribution >= 4 is 21.8 Å². The van der Waals surface area contributed by atoms with E-state index in [1.807, 2.05) is 42.9 Å². The molecule has 0 aliphatic heterocycles. The molecule has 0 radical (unpaired) electrons. The second kappa shape index (κ2) is 9.13. The number of aromatic nitrogens is 7. The molecule has 0 atom stereocenters. The number of aromatic amines is 2. The van der Waals surface area contributed by atoms with Gasteiger partial charge < -0.3 is 9.72 Å². The topological polar surface area (TPSA) is 105 Å². The van der Waals surface area contributed by atoms with E-state index in [9.17, 15) is 0 Å². The second-order valence-corrected chi connectivity index (χ2v) is 9.51. The summed E-state index contributed by atoms with van der Waals surface area (Å²) in [4.78, 5) is 21.4. The van der Waals surface area contributed by atoms with Gasteiger partial charge in [0.15, 0.2) is 0 Å². The van der Waals surface area contributed by atoms with Gasteiger partial charge in [0.2, 0.25) is 0 Å². The minimum Gasteiger partial charge on any atom is -0.489 e. The fraction of sp³-hybridized carbons (Fsp3) is 0.207. The van der Waals surface area contributed by atoms with E-state index in [0.29, 0.717) is 0 Å². The van der Waals surface area contributed by atoms with Gasteiger partial charge in [0.25, 0.3) is 0 Å². The Bertz CT molecular complexity index is 1700. The maximum atomic E-state index is 6.24. The van der Waals surface area contributed by atoms with E-state index in [1.165, 1.54) is 19.3 Å². The highest BCUT2D eigenvalue weighted by atomic mass is 16.5. The van der Waals surface area contributed by atoms with Gasteiger partial charge in [-0.25, -0.2) is 0 Å². The Morgan fingerprint density at radius 2 is 1.59 bits per heavy atom. The zero-order valence-electron chi connectivity index (χ0n) is 20.2. The molecule has 0 amide bonds. The maximum absolute atomic E-state index is 6.24. The van der Waals surface area contributed by atoms with Crippen molar-refractivity contribution in [3.8, 4) is 39.7 Å². The fourth-order valence-electron chi connectivity index (χ4n) is 5.20. The van der Waals surface area contributed by atoms with Crippen molar-refractivity contribution in [1.29, 1.82) is 0 Å². The second-order valence-electron chi connectivity index (χ2n) is 9.51. The Labute approximate surface area is 213 Å². The van der Waals surface area contributed by atoms with Gasteiger partial charge in [0.1, 0.15) is 11.4 Å². The van der Waals surface area contributed by atoms with Gasteiger partial charge in [-0.2, -0.15) is 5.10 Å². The molecule has 1 aliphatic rings. The Hall–Kier alpha value is -4.59. The van der Waals surface area contributed by atoms with E-state index in [-0.39, 0.29) is 6.10 Å². The van der Waals surface area contributed by atoms with Crippen molar-refractivity contribution in [3.05, 3.63) is 73.6 Å². The van der Waals surface area contributed by atoms with Gasteiger partial charge >= 0.3 is 0 Å². The molecule has 0 bridgehead atoms. The summed E-state index contributed by atoms with van der Waals surface area (Å²) in [5.74, 6) is 0.797. The standard InChI is InChI=1S/C29H25N7O/c1-2-4-20(5-3-1)37-21-12-19(15-31-16-21)25-13-23-27(17-33-25)35-36-29(23)26-14-22-24(34-26)8-11-32-28(22)18-6-9-30-10-7-18/h6-17,20,34H,1-5H2,(H,35,36). The number of H-pyrrole nitrogens is 2. The summed E-state index contributed by atoms with van der Waals surface area (Å²) >= 11 is 0. The predicted molar refractivity (Wildman–Crippen MR) is 143 cm³/mol. The first-order chi connectivity index (χ1) is 18.3. The molecule has 37 heavy (non-hydrogen) atoms. The van der Waals surface area contributed by atoms with Gasteiger partial charge in [-0.15, -0.1) is 0 Å². The molecule has 0 spiro atoms. The molecule has 1 saturated carbocycles. The number of nitrogens with one attached hydrogen (secondary N) is 2. The third-order valence-electron chi connectivity index (χ3n) is 7.07. The lowest BCUT2D eigenvalue weighted by molar-refractivity contribution is 0.154. The number of nitrogens with zero attached hydrogens (tertiary/aromatic N) is 5. The van der Waals surface area contributed by atoms with Crippen LogP contribution in [0.4, 0.5) is 0 Å². The molecule has 0 saturated heterocycles. The molecule has 7 rings (SSSR count). The van der Waals surface area contributed by atoms with Crippen LogP contribution in [0.15, 0.2) is 73.6 Å². The van der Waals surface area contributed by atoms with Crippen LogP contribution in [0.2, 0.25) is 0 Å². The van der Waals surface area contributed by atoms with Gasteiger partial charge in [-0.3, -0.25) is 25.0 Å². The summed E-state index contributed by atoms with van der Waals surface area (Å²) in [5, 5.41) is 9.76. The summed E-state index contributed by atoms with van der Waals surface area (Å²) in [6.07, 6.45) is 17.1. The average Bonchev–Trinajstić information content (AvgIpc) is 3.58. The number of rotatable bonds is 5. The lowest BCUT2D eigenvalue weighted by Gasteiger charge is -2.22. The fourth-order valence-corrected chi connectivity index (χ4v) is 5.20. The Morgan fingerprint density at radius 3 is 2.49 bits per heavy atom. The Balaban J connectivity index is 1.26. The molecule has 8 nitrogen and oxygen atoms in total. The van der Waals surface area contributed by atoms with Crippen molar-refractivity contribution in [3.63, 3.8) is 0 Å². The quantitative estimate of drug-likeness (QED) is 0.294. The number of ether oxygens (including phenoxy) is 1. The van der Waals surface area contributed by atoms with Crippen LogP contribution in [0.1, 0.15) is 32.1 Å². The summed E-state index contributed by atoms with van der Waals surface area (Å²) in [6.45, 7) is 0. The molecule has 1 fully saturated rings. The molecule has 0 unspecified atom stereocenters. The van der Waals surface area contributed by atoms with E-state index in [1.54, 1.807) is 18.6 Å². The monoisotopic (exact) mass is 487 g/mol. The lowest BCUT2D eigenvalue weighted by Crippen LogP contribution is -2.19. The molecule has 6 aromatic rings. The van der Waals surface area contributed by atoms with Crippen LogP contribution in [0.25, 0.3) is 55.7 Å². The molecule has 2 N–H and O–H groups in total. The third kappa shape index (κ3) is 4.10. The molecule has 8 heteroatoms. The van der Waals surface area contributed by atoms with Crippen LogP contribution in [0.5, 0.6) is 5.75 Å². The van der Waals surface area contributed by atoms with E-state index in [2.05, 4.69) is 47.2 Å². The van der Waals surface area contributed by atoms with Crippen LogP contribution >= 0.6 is 0 Å². The van der Waals surface area contributed by atoms with Crippen LogP contribution in [0, 0.1) is 0 Å². The van der Waals surface area contributed by atoms with E-state index in [0.717, 1.165) is 74.3 Å². The van der Waals surface area contributed by atoms with Crippen LogP contribution in [-0.2, 0) is 0 Å². The predicted octanol–water partition coefficient (Wildman–Crippen LogP) is 6.34. The molecule has 6 heterocycles. The normalized spacial score (nSPS) is 14.4. The largest absolute Gasteiger partial charge is 0.489 e. The van der Waals surface area contributed by atoms with Gasteiger partial charge in [0, 0.05) is 52.2 Å². The van der Waals surface area contributed by atoms with Crippen LogP contribution in [-0.4, -0.2) is 41.2 Å². The molecule has 6 aromatic heterocycles. The average molecular weight is 488 g/mol. The molecular weight excluding hydrogens is 462 g/mol. The SMILES string of the molecule is c1cc(-c2nccc3[nH]c(-c4n[nH]c5cnc(-c6cncc(OC7CCCCC7)c6)cc45)cc23)ccn1. The zero-order chi connectivity index (χ0) is 24.6. The van der Waals surface area contributed by atoms with Crippen molar-refractivity contribution in [2.24, 2.45) is 0 Å². The van der Waals surface area contributed by atoms with Gasteiger partial charge in [-0.1, -0.05) is 6.42 Å². The first-order valence-electron chi connectivity index (χ1n) is 12.7. The maximum Gasteiger partial charge on any atom is 0.138 e. The molecular formula is C29H25N7O. The summed E-state index contributed by atoms with van der Waals surface area (Å²) in [6, 6.07) is 12.1. The third-order valence-corrected chi connectivity index (χ3v) is 7.07. The number of pyridine rings is 4. The van der Waals surface area contributed by atoms with Crippen molar-refractivity contribution in [2.45, 2.75) is 38.2 Å². The van der Waals surface area contributed by atoms with Gasteiger partial charge in [0.05, 0.1) is 41.1 Å². The van der Waals surface area contributed by atoms with E-state index >= 15 is 0 Å².